The average molecular weight is 535 g/mol. The van der Waals surface area contributed by atoms with Gasteiger partial charge in [0.2, 0.25) is 17.7 Å². The van der Waals surface area contributed by atoms with Gasteiger partial charge in [-0.25, -0.2) is 0 Å². The molecule has 3 amide bonds. The van der Waals surface area contributed by atoms with E-state index in [9.17, 15) is 14.4 Å². The summed E-state index contributed by atoms with van der Waals surface area (Å²) in [4.78, 5) is 42.8. The number of hydrogen-bond acceptors (Lipinski definition) is 5. The van der Waals surface area contributed by atoms with Gasteiger partial charge in [0, 0.05) is 6.20 Å². The molecular formula is C31H42N4O4. The number of amides is 3. The minimum Gasteiger partial charge on any atom is -0.483 e. The highest BCUT2D eigenvalue weighted by Crippen LogP contribution is 2.28. The van der Waals surface area contributed by atoms with Crippen LogP contribution in [0.3, 0.4) is 0 Å². The minimum atomic E-state index is -1.11. The molecule has 3 N–H and O–H groups in total. The summed E-state index contributed by atoms with van der Waals surface area (Å²) in [6.45, 7) is 7.93. The fourth-order valence-corrected chi connectivity index (χ4v) is 4.81. The Morgan fingerprint density at radius 3 is 2.36 bits per heavy atom. The van der Waals surface area contributed by atoms with Crippen LogP contribution in [0.15, 0.2) is 60.8 Å². The average Bonchev–Trinajstić information content (AvgIpc) is 2.93. The molecule has 2 aromatic carbocycles. The summed E-state index contributed by atoms with van der Waals surface area (Å²) >= 11 is 0. The van der Waals surface area contributed by atoms with Gasteiger partial charge in [-0.3, -0.25) is 19.3 Å². The number of nitrogens with zero attached hydrogens (tertiary/aromatic N) is 1. The number of carbonyl (C=O) groups excluding carboxylic acids is 3. The molecule has 6 atom stereocenters. The van der Waals surface area contributed by atoms with E-state index in [4.69, 9.17) is 4.74 Å². The fourth-order valence-electron chi connectivity index (χ4n) is 4.81. The maximum Gasteiger partial charge on any atom is 0.247 e. The highest BCUT2D eigenvalue weighted by Gasteiger charge is 2.38. The molecule has 2 bridgehead atoms. The molecule has 0 fully saturated rings. The van der Waals surface area contributed by atoms with Crippen LogP contribution in [0.5, 0.6) is 5.75 Å². The highest BCUT2D eigenvalue weighted by molar-refractivity contribution is 5.94. The van der Waals surface area contributed by atoms with E-state index in [1.165, 1.54) is 0 Å². The number of hydrogen-bond donors (Lipinski definition) is 3. The van der Waals surface area contributed by atoms with Gasteiger partial charge >= 0.3 is 0 Å². The first-order chi connectivity index (χ1) is 18.7. The number of ether oxygens (including phenoxy) is 1. The highest BCUT2D eigenvalue weighted by atomic mass is 16.5. The number of fused-ring (bicyclic) bond motifs is 2. The third kappa shape index (κ3) is 7.69. The van der Waals surface area contributed by atoms with Gasteiger partial charge in [-0.15, -0.1) is 0 Å². The quantitative estimate of drug-likeness (QED) is 0.477. The van der Waals surface area contributed by atoms with Gasteiger partial charge in [-0.2, -0.15) is 0 Å². The molecule has 8 nitrogen and oxygen atoms in total. The van der Waals surface area contributed by atoms with Crippen molar-refractivity contribution in [1.29, 1.82) is 0 Å². The molecule has 0 saturated heterocycles. The Bertz CT molecular complexity index is 1150. The molecule has 1 aliphatic rings. The Kier molecular flexibility index (Phi) is 10.7. The lowest BCUT2D eigenvalue weighted by Gasteiger charge is -2.34. The van der Waals surface area contributed by atoms with E-state index >= 15 is 0 Å². The molecule has 0 spiro atoms. The Hall–Kier alpha value is -3.65. The van der Waals surface area contributed by atoms with Crippen molar-refractivity contribution < 1.29 is 19.1 Å². The molecule has 0 aromatic heterocycles. The van der Waals surface area contributed by atoms with E-state index in [1.54, 1.807) is 12.3 Å². The third-order valence-corrected chi connectivity index (χ3v) is 7.43. The Labute approximate surface area is 232 Å². The lowest BCUT2D eigenvalue weighted by molar-refractivity contribution is -0.136. The second kappa shape index (κ2) is 13.9. The monoisotopic (exact) mass is 534 g/mol. The summed E-state index contributed by atoms with van der Waals surface area (Å²) in [6, 6.07) is 14.4. The summed E-state index contributed by atoms with van der Waals surface area (Å²) in [6.07, 6.45) is 3.97. The van der Waals surface area contributed by atoms with Gasteiger partial charge in [0.15, 0.2) is 6.10 Å². The van der Waals surface area contributed by atoms with Crippen LogP contribution < -0.4 is 20.7 Å². The van der Waals surface area contributed by atoms with E-state index in [0.717, 1.165) is 17.5 Å². The van der Waals surface area contributed by atoms with Gasteiger partial charge in [-0.05, 0) is 55.3 Å². The van der Waals surface area contributed by atoms with Crippen molar-refractivity contribution >= 4 is 23.8 Å². The molecule has 0 unspecified atom stereocenters. The van der Waals surface area contributed by atoms with Gasteiger partial charge in [0.25, 0.3) is 0 Å². The first kappa shape index (κ1) is 29.9. The van der Waals surface area contributed by atoms with Crippen LogP contribution in [0.2, 0.25) is 0 Å². The van der Waals surface area contributed by atoms with Crippen LogP contribution in [0.4, 0.5) is 0 Å². The number of carbonyl (C=O) groups is 3. The number of rotatable bonds is 8. The number of likely N-dealkylation sites (N-methyl/N-ethyl adjacent to an activating group) is 1. The molecule has 3 rings (SSSR count). The van der Waals surface area contributed by atoms with Crippen LogP contribution in [0.1, 0.15) is 57.8 Å². The zero-order valence-electron chi connectivity index (χ0n) is 23.8. The molecule has 1 aliphatic heterocycles. The minimum absolute atomic E-state index is 0.0512. The Morgan fingerprint density at radius 1 is 1.00 bits per heavy atom. The lowest BCUT2D eigenvalue weighted by Crippen LogP contribution is -2.60. The van der Waals surface area contributed by atoms with Crippen molar-refractivity contribution in [3.8, 4) is 5.75 Å². The predicted octanol–water partition coefficient (Wildman–Crippen LogP) is 3.90. The van der Waals surface area contributed by atoms with Crippen LogP contribution in [-0.4, -0.2) is 54.8 Å². The number of benzene rings is 2. The van der Waals surface area contributed by atoms with Crippen molar-refractivity contribution in [2.75, 3.05) is 14.1 Å². The summed E-state index contributed by atoms with van der Waals surface area (Å²) < 4.78 is 6.49. The normalized spacial score (nSPS) is 22.2. The van der Waals surface area contributed by atoms with Crippen molar-refractivity contribution in [2.24, 2.45) is 11.8 Å². The molecule has 2 aromatic rings. The maximum atomic E-state index is 14.1. The molecule has 39 heavy (non-hydrogen) atoms. The van der Waals surface area contributed by atoms with E-state index in [-0.39, 0.29) is 23.7 Å². The van der Waals surface area contributed by atoms with E-state index in [1.807, 2.05) is 101 Å². The SMILES string of the molecule is CC[C@@H](C)[C@@H](C(=O)N[C@@H]1C(=O)N[C@H]([C@@H](C)CC)C(=O)NC=Cc2cccc(c2)O[C@H]1c1ccccc1)N(C)C. The van der Waals surface area contributed by atoms with Gasteiger partial charge in [0.1, 0.15) is 17.8 Å². The first-order valence-corrected chi connectivity index (χ1v) is 13.7. The molecule has 1 heterocycles. The summed E-state index contributed by atoms with van der Waals surface area (Å²) in [5.41, 5.74) is 1.55. The van der Waals surface area contributed by atoms with Crippen molar-refractivity contribution in [3.05, 3.63) is 71.9 Å². The summed E-state index contributed by atoms with van der Waals surface area (Å²) in [7, 11) is 3.71. The largest absolute Gasteiger partial charge is 0.483 e. The van der Waals surface area contributed by atoms with E-state index in [2.05, 4.69) is 16.0 Å². The second-order valence-electron chi connectivity index (χ2n) is 10.5. The van der Waals surface area contributed by atoms with Crippen LogP contribution in [0, 0.1) is 11.8 Å². The molecular weight excluding hydrogens is 492 g/mol. The standard InChI is InChI=1S/C31H42N4O4/c1-7-20(3)25-29(36)32-18-17-22-13-12-16-24(19-22)39-28(23-14-10-9-11-15-23)26(30(37)33-25)34-31(38)27(35(5)6)21(4)8-2/h9-21,25-28H,7-8H2,1-6H3,(H,32,36)(H,33,37)(H,34,38)/t20-,21+,25+,26-,27-,28-/m0/s1. The number of nitrogens with one attached hydrogen (secondary N) is 3. The van der Waals surface area contributed by atoms with Gasteiger partial charge < -0.3 is 20.7 Å². The van der Waals surface area contributed by atoms with E-state index in [0.29, 0.717) is 12.2 Å². The predicted molar refractivity (Wildman–Crippen MR) is 154 cm³/mol. The zero-order valence-corrected chi connectivity index (χ0v) is 23.8. The van der Waals surface area contributed by atoms with Gasteiger partial charge in [0.05, 0.1) is 6.04 Å². The Morgan fingerprint density at radius 2 is 1.72 bits per heavy atom. The third-order valence-electron chi connectivity index (χ3n) is 7.43. The first-order valence-electron chi connectivity index (χ1n) is 13.7. The fraction of sp³-hybridized carbons (Fsp3) is 0.452. The molecule has 0 aliphatic carbocycles. The van der Waals surface area contributed by atoms with Gasteiger partial charge in [-0.1, -0.05) is 83.0 Å². The van der Waals surface area contributed by atoms with Crippen molar-refractivity contribution in [1.82, 2.24) is 20.9 Å². The molecule has 210 valence electrons. The van der Waals surface area contributed by atoms with Crippen LogP contribution in [0.25, 0.3) is 6.08 Å². The summed E-state index contributed by atoms with van der Waals surface area (Å²) in [5, 5.41) is 8.75. The lowest BCUT2D eigenvalue weighted by atomic mass is 9.94. The second-order valence-corrected chi connectivity index (χ2v) is 10.5. The van der Waals surface area contributed by atoms with Crippen LogP contribution in [-0.2, 0) is 14.4 Å². The zero-order chi connectivity index (χ0) is 28.5. The topological polar surface area (TPSA) is 99.8 Å². The van der Waals surface area contributed by atoms with Crippen molar-refractivity contribution in [3.63, 3.8) is 0 Å². The molecule has 0 radical (unpaired) electrons. The maximum absolute atomic E-state index is 14.1. The summed E-state index contributed by atoms with van der Waals surface area (Å²) in [5.74, 6) is -0.640. The van der Waals surface area contributed by atoms with E-state index < -0.39 is 30.1 Å². The Balaban J connectivity index is 2.14. The molecule has 8 heteroatoms. The smallest absolute Gasteiger partial charge is 0.247 e. The molecule has 0 saturated carbocycles. The van der Waals surface area contributed by atoms with Crippen LogP contribution >= 0.6 is 0 Å². The van der Waals surface area contributed by atoms with Crippen molar-refractivity contribution in [2.45, 2.75) is 64.8 Å².